The number of pyridine rings is 1. The zero-order valence-electron chi connectivity index (χ0n) is 6.66. The minimum Gasteiger partial charge on any atom is -0.444 e. The van der Waals surface area contributed by atoms with Crippen molar-refractivity contribution < 1.29 is 9.30 Å². The van der Waals surface area contributed by atoms with Crippen molar-refractivity contribution in [3.8, 4) is 5.75 Å². The molecule has 3 nitrogen and oxygen atoms in total. The molecule has 0 spiro atoms. The quantitative estimate of drug-likeness (QED) is 0.551. The summed E-state index contributed by atoms with van der Waals surface area (Å²) in [6, 6.07) is 3.93. The predicted molar refractivity (Wildman–Crippen MR) is 41.3 cm³/mol. The van der Waals surface area contributed by atoms with Gasteiger partial charge < -0.3 is 4.74 Å². The zero-order chi connectivity index (χ0) is 7.84. The Labute approximate surface area is 65.6 Å². The normalized spacial score (nSPS) is 20.4. The fraction of sp³-hybridized carbons (Fsp3) is 0.375. The van der Waals surface area contributed by atoms with Crippen molar-refractivity contribution in [1.29, 1.82) is 0 Å². The van der Waals surface area contributed by atoms with Gasteiger partial charge in [-0.3, -0.25) is 0 Å². The summed E-state index contributed by atoms with van der Waals surface area (Å²) in [4.78, 5) is 0. The Morgan fingerprint density at radius 1 is 1.64 bits per heavy atom. The molecule has 0 fully saturated rings. The van der Waals surface area contributed by atoms with E-state index in [0.717, 1.165) is 11.6 Å². The summed E-state index contributed by atoms with van der Waals surface area (Å²) in [6.45, 7) is 1.99. The Hall–Kier alpha value is -1.25. The van der Waals surface area contributed by atoms with Gasteiger partial charge in [0.25, 0.3) is 0 Å². The molecular formula is C8H11N2O+. The highest BCUT2D eigenvalue weighted by atomic mass is 16.5. The van der Waals surface area contributed by atoms with E-state index in [1.54, 1.807) is 0 Å². The van der Waals surface area contributed by atoms with Gasteiger partial charge in [0.05, 0.1) is 13.2 Å². The van der Waals surface area contributed by atoms with Crippen LogP contribution in [0.2, 0.25) is 0 Å². The van der Waals surface area contributed by atoms with E-state index in [0.29, 0.717) is 0 Å². The van der Waals surface area contributed by atoms with E-state index in [9.17, 15) is 0 Å². The lowest BCUT2D eigenvalue weighted by Crippen LogP contribution is -2.31. The Balaban J connectivity index is 2.49. The van der Waals surface area contributed by atoms with E-state index in [-0.39, 0.29) is 6.23 Å². The van der Waals surface area contributed by atoms with Crippen LogP contribution in [0.4, 0.5) is 5.82 Å². The summed E-state index contributed by atoms with van der Waals surface area (Å²) in [6.07, 6.45) is 2.09. The van der Waals surface area contributed by atoms with E-state index in [1.807, 2.05) is 36.9 Å². The first-order valence-electron chi connectivity index (χ1n) is 3.69. The number of hydrogen-bond donors (Lipinski definition) is 1. The van der Waals surface area contributed by atoms with Gasteiger partial charge in [-0.1, -0.05) is 0 Å². The van der Waals surface area contributed by atoms with Crippen LogP contribution in [-0.4, -0.2) is 6.23 Å². The fourth-order valence-corrected chi connectivity index (χ4v) is 1.27. The van der Waals surface area contributed by atoms with Gasteiger partial charge in [-0.2, -0.15) is 0 Å². The number of rotatable bonds is 0. The van der Waals surface area contributed by atoms with Gasteiger partial charge in [0.2, 0.25) is 12.0 Å². The molecule has 2 heterocycles. The zero-order valence-corrected chi connectivity index (χ0v) is 6.66. The fourth-order valence-electron chi connectivity index (χ4n) is 1.27. The topological polar surface area (TPSA) is 25.1 Å². The molecule has 2 rings (SSSR count). The number of nitrogens with zero attached hydrogens (tertiary/aromatic N) is 1. The largest absolute Gasteiger partial charge is 0.444 e. The molecule has 58 valence electrons. The van der Waals surface area contributed by atoms with Crippen LogP contribution in [0.25, 0.3) is 0 Å². The van der Waals surface area contributed by atoms with Gasteiger partial charge in [-0.15, -0.1) is 0 Å². The summed E-state index contributed by atoms with van der Waals surface area (Å²) in [7, 11) is 1.99. The third-order valence-corrected chi connectivity index (χ3v) is 1.79. The summed E-state index contributed by atoms with van der Waals surface area (Å²) in [5, 5.41) is 3.21. The van der Waals surface area contributed by atoms with Crippen molar-refractivity contribution in [3.05, 3.63) is 18.3 Å². The molecule has 1 N–H and O–H groups in total. The number of ether oxygens (including phenoxy) is 1. The van der Waals surface area contributed by atoms with Crippen LogP contribution in [0.1, 0.15) is 6.92 Å². The molecule has 1 aromatic heterocycles. The van der Waals surface area contributed by atoms with Crippen molar-refractivity contribution in [2.45, 2.75) is 13.2 Å². The SMILES string of the molecule is CC1Nc2c(ccc[n+]2C)O1. The van der Waals surface area contributed by atoms with Gasteiger partial charge >= 0.3 is 5.82 Å². The van der Waals surface area contributed by atoms with Crippen LogP contribution < -0.4 is 14.6 Å². The monoisotopic (exact) mass is 151 g/mol. The highest BCUT2D eigenvalue weighted by Crippen LogP contribution is 2.26. The standard InChI is InChI=1S/C8H10N2O/c1-6-9-8-7(11-6)4-3-5-10(8)2/h3-6H,1-2H3/p+1. The molecule has 1 aliphatic heterocycles. The highest BCUT2D eigenvalue weighted by Gasteiger charge is 2.26. The first kappa shape index (κ1) is 6.46. The molecule has 0 amide bonds. The third kappa shape index (κ3) is 0.926. The molecule has 3 heteroatoms. The number of anilines is 1. The Bertz CT molecular complexity index is 285. The van der Waals surface area contributed by atoms with Gasteiger partial charge in [0.1, 0.15) is 0 Å². The lowest BCUT2D eigenvalue weighted by atomic mass is 10.4. The number of aromatic nitrogens is 1. The smallest absolute Gasteiger partial charge is 0.320 e. The first-order valence-corrected chi connectivity index (χ1v) is 3.69. The van der Waals surface area contributed by atoms with Crippen molar-refractivity contribution in [1.82, 2.24) is 0 Å². The summed E-state index contributed by atoms with van der Waals surface area (Å²) >= 11 is 0. The van der Waals surface area contributed by atoms with E-state index in [4.69, 9.17) is 4.74 Å². The summed E-state index contributed by atoms with van der Waals surface area (Å²) < 4.78 is 7.47. The van der Waals surface area contributed by atoms with Crippen LogP contribution in [0.15, 0.2) is 18.3 Å². The maximum atomic E-state index is 5.46. The Morgan fingerprint density at radius 3 is 3.18 bits per heavy atom. The van der Waals surface area contributed by atoms with Crippen molar-refractivity contribution in [2.24, 2.45) is 7.05 Å². The summed E-state index contributed by atoms with van der Waals surface area (Å²) in [5.74, 6) is 1.99. The first-order chi connectivity index (χ1) is 5.27. The molecule has 1 aromatic rings. The van der Waals surface area contributed by atoms with Gasteiger partial charge in [0.15, 0.2) is 0 Å². The lowest BCUT2D eigenvalue weighted by Gasteiger charge is -1.95. The maximum absolute atomic E-state index is 5.46. The van der Waals surface area contributed by atoms with Gasteiger partial charge in [-0.05, 0) is 12.1 Å². The summed E-state index contributed by atoms with van der Waals surface area (Å²) in [5.41, 5.74) is 0. The number of fused-ring (bicyclic) bond motifs is 1. The van der Waals surface area contributed by atoms with Crippen LogP contribution in [-0.2, 0) is 7.05 Å². The van der Waals surface area contributed by atoms with Crippen LogP contribution >= 0.6 is 0 Å². The number of aryl methyl sites for hydroxylation is 1. The maximum Gasteiger partial charge on any atom is 0.320 e. The molecule has 11 heavy (non-hydrogen) atoms. The van der Waals surface area contributed by atoms with E-state index < -0.39 is 0 Å². The molecule has 1 atom stereocenters. The number of nitrogens with one attached hydrogen (secondary N) is 1. The molecule has 0 aliphatic carbocycles. The number of hydrogen-bond acceptors (Lipinski definition) is 2. The Morgan fingerprint density at radius 2 is 2.45 bits per heavy atom. The molecule has 0 saturated carbocycles. The second-order valence-electron chi connectivity index (χ2n) is 2.74. The molecule has 1 aliphatic rings. The van der Waals surface area contributed by atoms with E-state index in [2.05, 4.69) is 5.32 Å². The minimum atomic E-state index is 0.0959. The van der Waals surface area contributed by atoms with E-state index in [1.165, 1.54) is 0 Å². The van der Waals surface area contributed by atoms with Crippen molar-refractivity contribution in [3.63, 3.8) is 0 Å². The van der Waals surface area contributed by atoms with Crippen molar-refractivity contribution >= 4 is 5.82 Å². The van der Waals surface area contributed by atoms with Gasteiger partial charge in [-0.25, -0.2) is 9.88 Å². The molecule has 1 unspecified atom stereocenters. The average molecular weight is 151 g/mol. The molecule has 0 aromatic carbocycles. The highest BCUT2D eigenvalue weighted by molar-refractivity contribution is 5.49. The predicted octanol–water partition coefficient (Wildman–Crippen LogP) is 0.661. The molecule has 0 radical (unpaired) electrons. The second-order valence-corrected chi connectivity index (χ2v) is 2.74. The minimum absolute atomic E-state index is 0.0959. The lowest BCUT2D eigenvalue weighted by molar-refractivity contribution is -0.656. The van der Waals surface area contributed by atoms with Gasteiger partial charge in [0, 0.05) is 6.92 Å². The average Bonchev–Trinajstić information content (AvgIpc) is 2.31. The molecule has 0 saturated heterocycles. The van der Waals surface area contributed by atoms with Crippen LogP contribution in [0.5, 0.6) is 5.75 Å². The van der Waals surface area contributed by atoms with Crippen LogP contribution in [0.3, 0.4) is 0 Å². The molecular weight excluding hydrogens is 140 g/mol. The van der Waals surface area contributed by atoms with Crippen LogP contribution in [0, 0.1) is 0 Å². The Kier molecular flexibility index (Phi) is 1.24. The van der Waals surface area contributed by atoms with E-state index >= 15 is 0 Å². The molecule has 0 bridgehead atoms. The third-order valence-electron chi connectivity index (χ3n) is 1.79. The van der Waals surface area contributed by atoms with Crippen molar-refractivity contribution in [2.75, 3.05) is 5.32 Å². The second kappa shape index (κ2) is 2.12.